The molecule has 0 aliphatic heterocycles. The van der Waals surface area contributed by atoms with Crippen molar-refractivity contribution in [2.45, 2.75) is 45.7 Å². The van der Waals surface area contributed by atoms with Crippen molar-refractivity contribution in [3.8, 4) is 5.75 Å². The van der Waals surface area contributed by atoms with E-state index in [4.69, 9.17) is 10.5 Å². The lowest BCUT2D eigenvalue weighted by Gasteiger charge is -2.21. The van der Waals surface area contributed by atoms with Gasteiger partial charge in [-0.25, -0.2) is 0 Å². The molecule has 0 heterocycles. The van der Waals surface area contributed by atoms with Crippen molar-refractivity contribution in [3.63, 3.8) is 0 Å². The highest BCUT2D eigenvalue weighted by Crippen LogP contribution is 2.21. The first kappa shape index (κ1) is 16.5. The molecule has 0 aromatic heterocycles. The lowest BCUT2D eigenvalue weighted by molar-refractivity contribution is -0.130. The maximum Gasteiger partial charge on any atom is 0.224 e. The minimum absolute atomic E-state index is 0.0469. The Balaban J connectivity index is 2.67. The fraction of sp³-hybridized carbons (Fsp3) is 0.562. The Morgan fingerprint density at radius 2 is 2.15 bits per heavy atom. The molecule has 0 bridgehead atoms. The van der Waals surface area contributed by atoms with Gasteiger partial charge in [0.25, 0.3) is 0 Å². The molecule has 1 aromatic carbocycles. The van der Waals surface area contributed by atoms with Crippen LogP contribution >= 0.6 is 0 Å². The number of amides is 1. The van der Waals surface area contributed by atoms with E-state index in [2.05, 4.69) is 13.0 Å². The van der Waals surface area contributed by atoms with E-state index in [-0.39, 0.29) is 11.9 Å². The second-order valence-electron chi connectivity index (χ2n) is 5.32. The summed E-state index contributed by atoms with van der Waals surface area (Å²) in [5.74, 6) is 0.891. The van der Waals surface area contributed by atoms with Gasteiger partial charge in [0.1, 0.15) is 5.75 Å². The summed E-state index contributed by atoms with van der Waals surface area (Å²) in [7, 11) is 3.45. The Labute approximate surface area is 121 Å². The normalized spacial score (nSPS) is 12.1. The summed E-state index contributed by atoms with van der Waals surface area (Å²) in [5, 5.41) is 0. The maximum atomic E-state index is 12.1. The summed E-state index contributed by atoms with van der Waals surface area (Å²) in [6.45, 7) is 4.65. The monoisotopic (exact) mass is 278 g/mol. The molecule has 1 atom stereocenters. The van der Waals surface area contributed by atoms with Crippen molar-refractivity contribution in [2.24, 2.45) is 5.73 Å². The number of hydrogen-bond donors (Lipinski definition) is 1. The number of nitrogens with zero attached hydrogens (tertiary/aromatic N) is 1. The van der Waals surface area contributed by atoms with Gasteiger partial charge in [-0.2, -0.15) is 0 Å². The largest absolute Gasteiger partial charge is 0.496 e. The van der Waals surface area contributed by atoms with Crippen molar-refractivity contribution in [3.05, 3.63) is 29.3 Å². The Morgan fingerprint density at radius 1 is 1.45 bits per heavy atom. The Morgan fingerprint density at radius 3 is 2.75 bits per heavy atom. The van der Waals surface area contributed by atoms with Gasteiger partial charge in [-0.05, 0) is 19.4 Å². The van der Waals surface area contributed by atoms with Gasteiger partial charge in [-0.3, -0.25) is 4.79 Å². The van der Waals surface area contributed by atoms with E-state index in [0.29, 0.717) is 13.0 Å². The van der Waals surface area contributed by atoms with E-state index in [1.54, 1.807) is 12.0 Å². The molecule has 0 aliphatic rings. The number of ether oxygens (including phenoxy) is 1. The van der Waals surface area contributed by atoms with Crippen LogP contribution in [0, 0.1) is 6.92 Å². The van der Waals surface area contributed by atoms with E-state index in [1.165, 1.54) is 0 Å². The summed E-state index contributed by atoms with van der Waals surface area (Å²) in [6.07, 6.45) is 2.29. The minimum Gasteiger partial charge on any atom is -0.496 e. The molecular formula is C16H26N2O2. The number of methoxy groups -OCH3 is 1. The van der Waals surface area contributed by atoms with Crippen molar-refractivity contribution in [1.82, 2.24) is 4.90 Å². The summed E-state index contributed by atoms with van der Waals surface area (Å²) in [5.41, 5.74) is 8.10. The third kappa shape index (κ3) is 4.85. The van der Waals surface area contributed by atoms with Crippen LogP contribution in [-0.4, -0.2) is 31.0 Å². The lowest BCUT2D eigenvalue weighted by atomic mass is 10.1. The zero-order chi connectivity index (χ0) is 15.1. The molecular weight excluding hydrogens is 252 g/mol. The molecule has 0 aliphatic carbocycles. The van der Waals surface area contributed by atoms with Gasteiger partial charge in [-0.1, -0.05) is 31.0 Å². The third-order valence-corrected chi connectivity index (χ3v) is 3.37. The summed E-state index contributed by atoms with van der Waals surface area (Å²) < 4.78 is 5.34. The van der Waals surface area contributed by atoms with Crippen LogP contribution in [0.15, 0.2) is 18.2 Å². The first-order valence-electron chi connectivity index (χ1n) is 7.11. The average molecular weight is 278 g/mol. The quantitative estimate of drug-likeness (QED) is 0.833. The zero-order valence-electron chi connectivity index (χ0n) is 13.0. The van der Waals surface area contributed by atoms with Gasteiger partial charge >= 0.3 is 0 Å². The molecule has 4 heteroatoms. The van der Waals surface area contributed by atoms with Crippen LogP contribution in [0.1, 0.15) is 37.3 Å². The van der Waals surface area contributed by atoms with Crippen LogP contribution in [0.4, 0.5) is 0 Å². The number of carbonyl (C=O) groups excluding carboxylic acids is 1. The van der Waals surface area contributed by atoms with Gasteiger partial charge in [0, 0.05) is 31.6 Å². The maximum absolute atomic E-state index is 12.1. The minimum atomic E-state index is -0.0469. The molecule has 1 rings (SSSR count). The Bertz CT molecular complexity index is 446. The predicted octanol–water partition coefficient (Wildman–Crippen LogP) is 2.48. The van der Waals surface area contributed by atoms with E-state index >= 15 is 0 Å². The second-order valence-corrected chi connectivity index (χ2v) is 5.32. The van der Waals surface area contributed by atoms with E-state index < -0.39 is 0 Å². The topological polar surface area (TPSA) is 55.6 Å². The van der Waals surface area contributed by atoms with E-state index in [9.17, 15) is 4.79 Å². The Hall–Kier alpha value is -1.55. The third-order valence-electron chi connectivity index (χ3n) is 3.37. The van der Waals surface area contributed by atoms with E-state index in [0.717, 1.165) is 29.7 Å². The summed E-state index contributed by atoms with van der Waals surface area (Å²) in [6, 6.07) is 5.94. The molecule has 0 saturated heterocycles. The highest BCUT2D eigenvalue weighted by atomic mass is 16.5. The first-order valence-corrected chi connectivity index (χ1v) is 7.11. The van der Waals surface area contributed by atoms with Crippen LogP contribution < -0.4 is 10.5 Å². The van der Waals surface area contributed by atoms with E-state index in [1.807, 2.05) is 26.1 Å². The van der Waals surface area contributed by atoms with Gasteiger partial charge < -0.3 is 15.4 Å². The molecule has 112 valence electrons. The molecule has 1 unspecified atom stereocenters. The average Bonchev–Trinajstić information content (AvgIpc) is 2.39. The molecule has 0 saturated carbocycles. The number of carbonyl (C=O) groups is 1. The Kier molecular flexibility index (Phi) is 6.52. The van der Waals surface area contributed by atoms with Crippen molar-refractivity contribution in [2.75, 3.05) is 14.2 Å². The van der Waals surface area contributed by atoms with Gasteiger partial charge in [-0.15, -0.1) is 0 Å². The molecule has 1 amide bonds. The summed E-state index contributed by atoms with van der Waals surface area (Å²) >= 11 is 0. The second kappa shape index (κ2) is 7.90. The zero-order valence-corrected chi connectivity index (χ0v) is 13.0. The van der Waals surface area contributed by atoms with Crippen LogP contribution in [0.25, 0.3) is 0 Å². The number of rotatable bonds is 7. The number of nitrogens with two attached hydrogens (primary N) is 1. The van der Waals surface area contributed by atoms with Gasteiger partial charge in [0.05, 0.1) is 7.11 Å². The number of aryl methyl sites for hydroxylation is 1. The van der Waals surface area contributed by atoms with Crippen molar-refractivity contribution in [1.29, 1.82) is 0 Å². The fourth-order valence-electron chi connectivity index (χ4n) is 2.23. The van der Waals surface area contributed by atoms with Crippen molar-refractivity contribution < 1.29 is 9.53 Å². The summed E-state index contributed by atoms with van der Waals surface area (Å²) in [4.78, 5) is 13.8. The number of benzene rings is 1. The lowest BCUT2D eigenvalue weighted by Crippen LogP contribution is -2.33. The van der Waals surface area contributed by atoms with Crippen molar-refractivity contribution >= 4 is 5.91 Å². The number of hydrogen-bond acceptors (Lipinski definition) is 3. The molecule has 0 spiro atoms. The molecule has 1 aromatic rings. The smallest absolute Gasteiger partial charge is 0.224 e. The highest BCUT2D eigenvalue weighted by Gasteiger charge is 2.15. The SMILES string of the molecule is CCCC(N)CC(=O)N(C)Cc1cc(C)ccc1OC. The predicted molar refractivity (Wildman–Crippen MR) is 81.7 cm³/mol. The standard InChI is InChI=1S/C16H26N2O2/c1-5-6-14(17)10-16(19)18(3)11-13-9-12(2)7-8-15(13)20-4/h7-9,14H,5-6,10-11,17H2,1-4H3. The highest BCUT2D eigenvalue weighted by molar-refractivity contribution is 5.76. The fourth-order valence-corrected chi connectivity index (χ4v) is 2.23. The molecule has 4 nitrogen and oxygen atoms in total. The first-order chi connectivity index (χ1) is 9.47. The van der Waals surface area contributed by atoms with Crippen LogP contribution in [0.2, 0.25) is 0 Å². The molecule has 20 heavy (non-hydrogen) atoms. The van der Waals surface area contributed by atoms with Crippen LogP contribution in [0.5, 0.6) is 5.75 Å². The van der Waals surface area contributed by atoms with Crippen LogP contribution in [-0.2, 0) is 11.3 Å². The van der Waals surface area contributed by atoms with Gasteiger partial charge in [0.15, 0.2) is 0 Å². The molecule has 0 radical (unpaired) electrons. The molecule has 2 N–H and O–H groups in total. The molecule has 0 fully saturated rings. The van der Waals surface area contributed by atoms with Gasteiger partial charge in [0.2, 0.25) is 5.91 Å². The van der Waals surface area contributed by atoms with Crippen LogP contribution in [0.3, 0.4) is 0 Å².